The molecule has 1 aromatic heterocycles. The van der Waals surface area contributed by atoms with Gasteiger partial charge in [-0.05, 0) is 36.1 Å². The van der Waals surface area contributed by atoms with Crippen molar-refractivity contribution in [1.29, 1.82) is 0 Å². The van der Waals surface area contributed by atoms with E-state index in [0.717, 1.165) is 11.9 Å². The Morgan fingerprint density at radius 1 is 1.18 bits per heavy atom. The second-order valence-corrected chi connectivity index (χ2v) is 4.86. The second kappa shape index (κ2) is 5.28. The molecule has 0 fully saturated rings. The van der Waals surface area contributed by atoms with Crippen LogP contribution in [-0.2, 0) is 17.8 Å². The summed E-state index contributed by atoms with van der Waals surface area (Å²) in [6.45, 7) is 5.09. The van der Waals surface area contributed by atoms with E-state index >= 15 is 0 Å². The van der Waals surface area contributed by atoms with Crippen LogP contribution in [0.5, 0.6) is 0 Å². The van der Waals surface area contributed by atoms with Crippen molar-refractivity contribution >= 4 is 10.9 Å². The first kappa shape index (κ1) is 12.1. The number of pyridine rings is 1. The maximum atomic E-state index is 5.13. The summed E-state index contributed by atoms with van der Waals surface area (Å²) < 4.78 is 5.13. The van der Waals surface area contributed by atoms with E-state index < -0.39 is 0 Å². The predicted molar refractivity (Wildman–Crippen MR) is 71.0 cm³/mol. The largest absolute Gasteiger partial charge is 0.380 e. The van der Waals surface area contributed by atoms with Crippen LogP contribution in [0.1, 0.15) is 25.1 Å². The average molecular weight is 229 g/mol. The van der Waals surface area contributed by atoms with Gasteiger partial charge in [0.25, 0.3) is 0 Å². The minimum Gasteiger partial charge on any atom is -0.380 e. The van der Waals surface area contributed by atoms with Gasteiger partial charge in [-0.25, -0.2) is 0 Å². The Bertz CT molecular complexity index is 505. The first-order valence-electron chi connectivity index (χ1n) is 6.06. The molecule has 2 nitrogen and oxygen atoms in total. The lowest BCUT2D eigenvalue weighted by molar-refractivity contribution is 0.185. The zero-order valence-electron chi connectivity index (χ0n) is 10.7. The summed E-state index contributed by atoms with van der Waals surface area (Å²) in [5.41, 5.74) is 3.44. The van der Waals surface area contributed by atoms with Gasteiger partial charge in [-0.3, -0.25) is 4.98 Å². The maximum absolute atomic E-state index is 5.13. The number of ether oxygens (including phenoxy) is 1. The molecule has 2 aromatic rings. The van der Waals surface area contributed by atoms with Crippen molar-refractivity contribution in [3.63, 3.8) is 0 Å². The number of hydrogen-bond acceptors (Lipinski definition) is 2. The summed E-state index contributed by atoms with van der Waals surface area (Å²) in [5, 5.41) is 1.19. The van der Waals surface area contributed by atoms with Crippen LogP contribution in [0.3, 0.4) is 0 Å². The highest BCUT2D eigenvalue weighted by atomic mass is 16.5. The zero-order valence-corrected chi connectivity index (χ0v) is 10.7. The number of benzene rings is 1. The van der Waals surface area contributed by atoms with E-state index in [4.69, 9.17) is 4.74 Å². The van der Waals surface area contributed by atoms with Crippen molar-refractivity contribution in [3.8, 4) is 0 Å². The van der Waals surface area contributed by atoms with Crippen LogP contribution in [0.25, 0.3) is 10.9 Å². The Kier molecular flexibility index (Phi) is 3.75. The van der Waals surface area contributed by atoms with E-state index in [1.165, 1.54) is 16.6 Å². The van der Waals surface area contributed by atoms with Crippen molar-refractivity contribution in [2.45, 2.75) is 26.9 Å². The molecule has 1 heterocycles. The third-order valence-corrected chi connectivity index (χ3v) is 2.74. The van der Waals surface area contributed by atoms with E-state index in [9.17, 15) is 0 Å². The van der Waals surface area contributed by atoms with Crippen molar-refractivity contribution in [3.05, 3.63) is 41.6 Å². The summed E-state index contributed by atoms with van der Waals surface area (Å²) in [5.74, 6) is 0.646. The quantitative estimate of drug-likeness (QED) is 0.799. The maximum Gasteiger partial charge on any atom is 0.0713 e. The molecule has 0 unspecified atom stereocenters. The van der Waals surface area contributed by atoms with Gasteiger partial charge in [0.1, 0.15) is 0 Å². The molecule has 0 bridgehead atoms. The number of hydrogen-bond donors (Lipinski definition) is 0. The standard InChI is InChI=1S/C15H19NO/c1-11(2)8-14-6-5-13-9-12(10-17-3)4-7-15(13)16-14/h4-7,9,11H,8,10H2,1-3H3. The molecule has 90 valence electrons. The molecule has 17 heavy (non-hydrogen) atoms. The third-order valence-electron chi connectivity index (χ3n) is 2.74. The molecule has 0 N–H and O–H groups in total. The molecule has 1 aromatic carbocycles. The van der Waals surface area contributed by atoms with Gasteiger partial charge in [0.2, 0.25) is 0 Å². The molecule has 2 heteroatoms. The fraction of sp³-hybridized carbons (Fsp3) is 0.400. The van der Waals surface area contributed by atoms with E-state index in [1.54, 1.807) is 7.11 Å². The van der Waals surface area contributed by atoms with Crippen LogP contribution in [0.15, 0.2) is 30.3 Å². The molecule has 0 radical (unpaired) electrons. The van der Waals surface area contributed by atoms with Crippen LogP contribution in [0.4, 0.5) is 0 Å². The van der Waals surface area contributed by atoms with Crippen LogP contribution in [0.2, 0.25) is 0 Å². The van der Waals surface area contributed by atoms with Gasteiger partial charge >= 0.3 is 0 Å². The number of nitrogens with zero attached hydrogens (tertiary/aromatic N) is 1. The highest BCUT2D eigenvalue weighted by molar-refractivity contribution is 5.79. The molecule has 0 saturated carbocycles. The van der Waals surface area contributed by atoms with Crippen molar-refractivity contribution in [2.24, 2.45) is 5.92 Å². The molecule has 2 rings (SSSR count). The summed E-state index contributed by atoms with van der Waals surface area (Å²) in [7, 11) is 1.72. The first-order valence-corrected chi connectivity index (χ1v) is 6.06. The fourth-order valence-electron chi connectivity index (χ4n) is 2.01. The topological polar surface area (TPSA) is 22.1 Å². The Hall–Kier alpha value is -1.41. The lowest BCUT2D eigenvalue weighted by Crippen LogP contribution is -1.97. The molecule has 0 aliphatic carbocycles. The smallest absolute Gasteiger partial charge is 0.0713 e. The van der Waals surface area contributed by atoms with E-state index in [2.05, 4.69) is 49.2 Å². The summed E-state index contributed by atoms with van der Waals surface area (Å²) in [6.07, 6.45) is 1.04. The van der Waals surface area contributed by atoms with E-state index in [0.29, 0.717) is 12.5 Å². The third kappa shape index (κ3) is 3.04. The van der Waals surface area contributed by atoms with Gasteiger partial charge in [0.15, 0.2) is 0 Å². The molecular formula is C15H19NO. The summed E-state index contributed by atoms with van der Waals surface area (Å²) in [6, 6.07) is 10.6. The highest BCUT2D eigenvalue weighted by Gasteiger charge is 2.02. The lowest BCUT2D eigenvalue weighted by atomic mass is 10.1. The number of fused-ring (bicyclic) bond motifs is 1. The molecule has 0 amide bonds. The van der Waals surface area contributed by atoms with E-state index in [1.807, 2.05) is 0 Å². The van der Waals surface area contributed by atoms with Crippen LogP contribution in [0, 0.1) is 5.92 Å². The van der Waals surface area contributed by atoms with Crippen molar-refractivity contribution in [1.82, 2.24) is 4.98 Å². The predicted octanol–water partition coefficient (Wildman–Crippen LogP) is 3.58. The monoisotopic (exact) mass is 229 g/mol. The van der Waals surface area contributed by atoms with Gasteiger partial charge in [0.05, 0.1) is 12.1 Å². The first-order chi connectivity index (χ1) is 8.19. The van der Waals surface area contributed by atoms with Crippen LogP contribution >= 0.6 is 0 Å². The Morgan fingerprint density at radius 3 is 2.71 bits per heavy atom. The Morgan fingerprint density at radius 2 is 2.00 bits per heavy atom. The minimum absolute atomic E-state index is 0.646. The van der Waals surface area contributed by atoms with Gasteiger partial charge in [-0.15, -0.1) is 0 Å². The zero-order chi connectivity index (χ0) is 12.3. The van der Waals surface area contributed by atoms with Crippen molar-refractivity contribution in [2.75, 3.05) is 7.11 Å². The average Bonchev–Trinajstić information content (AvgIpc) is 2.29. The number of rotatable bonds is 4. The molecule has 0 atom stereocenters. The van der Waals surface area contributed by atoms with Gasteiger partial charge in [-0.1, -0.05) is 26.0 Å². The Balaban J connectivity index is 2.33. The highest BCUT2D eigenvalue weighted by Crippen LogP contribution is 2.17. The minimum atomic E-state index is 0.646. The van der Waals surface area contributed by atoms with Gasteiger partial charge in [-0.2, -0.15) is 0 Å². The Labute approximate surface area is 103 Å². The molecule has 0 saturated heterocycles. The van der Waals surface area contributed by atoms with Crippen LogP contribution < -0.4 is 0 Å². The second-order valence-electron chi connectivity index (χ2n) is 4.86. The lowest BCUT2D eigenvalue weighted by Gasteiger charge is -2.07. The normalized spacial score (nSPS) is 11.3. The molecule has 0 aliphatic rings. The summed E-state index contributed by atoms with van der Waals surface area (Å²) >= 11 is 0. The molecule has 0 aliphatic heterocycles. The van der Waals surface area contributed by atoms with Crippen molar-refractivity contribution < 1.29 is 4.74 Å². The number of aromatic nitrogens is 1. The number of methoxy groups -OCH3 is 1. The summed E-state index contributed by atoms with van der Waals surface area (Å²) in [4.78, 5) is 4.68. The SMILES string of the molecule is COCc1ccc2nc(CC(C)C)ccc2c1. The molecule has 0 spiro atoms. The fourth-order valence-corrected chi connectivity index (χ4v) is 2.01. The van der Waals surface area contributed by atoms with Crippen LogP contribution in [-0.4, -0.2) is 12.1 Å². The van der Waals surface area contributed by atoms with Gasteiger partial charge in [0, 0.05) is 18.2 Å². The van der Waals surface area contributed by atoms with Gasteiger partial charge < -0.3 is 4.74 Å². The molecular weight excluding hydrogens is 210 g/mol. The van der Waals surface area contributed by atoms with E-state index in [-0.39, 0.29) is 0 Å².